The average molecular weight is 821 g/mol. The smallest absolute Gasteiger partial charge is 0.194 e. The molecule has 0 atom stereocenters. The molecule has 8 aromatic carbocycles. The van der Waals surface area contributed by atoms with E-state index in [1.54, 1.807) is 0 Å². The summed E-state index contributed by atoms with van der Waals surface area (Å²) < 4.78 is 86.0. The van der Waals surface area contributed by atoms with Gasteiger partial charge in [0.05, 0.1) is 13.1 Å². The van der Waals surface area contributed by atoms with Gasteiger partial charge in [0.2, 0.25) is 0 Å². The molecule has 0 spiro atoms. The second kappa shape index (κ2) is 16.4. The molecule has 306 valence electrons. The molecule has 0 radical (unpaired) electrons. The molecule has 1 nitrogen and oxygen atoms in total. The van der Waals surface area contributed by atoms with Crippen LogP contribution in [0.25, 0.3) is 77.2 Å². The summed E-state index contributed by atoms with van der Waals surface area (Å²) in [6, 6.07) is 41.0. The molecular formula is C54H44F6N+. The van der Waals surface area contributed by atoms with Crippen LogP contribution in [0.1, 0.15) is 50.7 Å². The van der Waals surface area contributed by atoms with Crippen LogP contribution in [0.4, 0.5) is 26.3 Å². The first-order valence-electron chi connectivity index (χ1n) is 21.0. The number of benzene rings is 8. The molecule has 61 heavy (non-hydrogen) atoms. The number of rotatable bonds is 10. The molecule has 1 aliphatic heterocycles. The molecule has 0 bridgehead atoms. The Labute approximate surface area is 352 Å². The maximum Gasteiger partial charge on any atom is 0.194 e. The van der Waals surface area contributed by atoms with Gasteiger partial charge in [0.15, 0.2) is 34.9 Å². The number of unbranched alkanes of at least 4 members (excludes halogenated alkanes) is 2. The predicted molar refractivity (Wildman–Crippen MR) is 236 cm³/mol. The van der Waals surface area contributed by atoms with Crippen LogP contribution < -0.4 is 0 Å². The van der Waals surface area contributed by atoms with Crippen LogP contribution in [0.2, 0.25) is 0 Å². The molecule has 1 aliphatic rings. The van der Waals surface area contributed by atoms with Crippen LogP contribution in [0.15, 0.2) is 133 Å². The summed E-state index contributed by atoms with van der Waals surface area (Å²) >= 11 is 0. The van der Waals surface area contributed by atoms with Crippen molar-refractivity contribution < 1.29 is 30.8 Å². The minimum absolute atomic E-state index is 0.257. The minimum Gasteiger partial charge on any atom is -0.316 e. The molecule has 0 saturated carbocycles. The second-order valence-electron chi connectivity index (χ2n) is 16.5. The third-order valence-electron chi connectivity index (χ3n) is 12.5. The van der Waals surface area contributed by atoms with E-state index in [9.17, 15) is 26.3 Å². The van der Waals surface area contributed by atoms with Gasteiger partial charge in [-0.2, -0.15) is 0 Å². The molecule has 0 fully saturated rings. The van der Waals surface area contributed by atoms with E-state index in [-0.39, 0.29) is 11.1 Å². The fourth-order valence-corrected chi connectivity index (χ4v) is 9.47. The number of nitrogens with zero attached hydrogens (tertiary/aromatic N) is 1. The number of halogens is 6. The largest absolute Gasteiger partial charge is 0.316 e. The topological polar surface area (TPSA) is 0 Å². The number of hydrogen-bond donors (Lipinski definition) is 0. The molecule has 0 N–H and O–H groups in total. The van der Waals surface area contributed by atoms with Gasteiger partial charge in [0, 0.05) is 22.3 Å². The Balaban J connectivity index is 1.32. The zero-order chi connectivity index (χ0) is 42.4. The maximum absolute atomic E-state index is 14.3. The number of quaternary nitrogens is 1. The summed E-state index contributed by atoms with van der Waals surface area (Å²) in [5.74, 6) is -7.89. The Morgan fingerprint density at radius 1 is 0.410 bits per heavy atom. The highest BCUT2D eigenvalue weighted by molar-refractivity contribution is 6.12. The molecule has 7 heteroatoms. The van der Waals surface area contributed by atoms with Gasteiger partial charge in [0.1, 0.15) is 13.1 Å². The first-order valence-corrected chi connectivity index (χ1v) is 21.0. The predicted octanol–water partition coefficient (Wildman–Crippen LogP) is 15.6. The summed E-state index contributed by atoms with van der Waals surface area (Å²) in [5, 5.41) is 4.43. The van der Waals surface area contributed by atoms with Crippen molar-refractivity contribution in [1.82, 2.24) is 0 Å². The van der Waals surface area contributed by atoms with Gasteiger partial charge in [0.25, 0.3) is 0 Å². The first kappa shape index (κ1) is 40.2. The van der Waals surface area contributed by atoms with Crippen LogP contribution >= 0.6 is 0 Å². The number of fused-ring (bicyclic) bond motifs is 7. The fourth-order valence-electron chi connectivity index (χ4n) is 9.47. The molecule has 8 aromatic rings. The summed E-state index contributed by atoms with van der Waals surface area (Å²) in [7, 11) is 0. The molecule has 0 unspecified atom stereocenters. The zero-order valence-electron chi connectivity index (χ0n) is 34.1. The molecule has 1 heterocycles. The lowest BCUT2D eigenvalue weighted by atomic mass is 9.82. The quantitative estimate of drug-likeness (QED) is 0.0732. The van der Waals surface area contributed by atoms with Crippen molar-refractivity contribution in [1.29, 1.82) is 0 Å². The lowest BCUT2D eigenvalue weighted by Crippen LogP contribution is -2.47. The number of hydrogen-bond acceptors (Lipinski definition) is 0. The monoisotopic (exact) mass is 820 g/mol. The lowest BCUT2D eigenvalue weighted by molar-refractivity contribution is -0.953. The van der Waals surface area contributed by atoms with Crippen molar-refractivity contribution in [3.8, 4) is 55.6 Å². The van der Waals surface area contributed by atoms with Crippen molar-refractivity contribution in [2.24, 2.45) is 0 Å². The van der Waals surface area contributed by atoms with Crippen LogP contribution in [-0.2, 0) is 13.1 Å². The normalized spacial score (nSPS) is 13.3. The summed E-state index contributed by atoms with van der Waals surface area (Å²) in [4.78, 5) is 0. The van der Waals surface area contributed by atoms with E-state index < -0.39 is 34.9 Å². The Hall–Kier alpha value is -6.18. The van der Waals surface area contributed by atoms with E-state index in [1.807, 2.05) is 48.5 Å². The highest BCUT2D eigenvalue weighted by atomic mass is 19.2. The summed E-state index contributed by atoms with van der Waals surface area (Å²) in [6.07, 6.45) is 4.16. The average Bonchev–Trinajstić information content (AvgIpc) is 3.43. The van der Waals surface area contributed by atoms with E-state index in [1.165, 1.54) is 22.3 Å². The highest BCUT2D eigenvalue weighted by Gasteiger charge is 2.37. The SMILES string of the molecule is CCCC[N+]1(CCCC)Cc2c(-c3ccc(-c4cc(F)c(F)c(F)c4)cc3)cc3ccccc3c2-c2c(c(-c3ccc(-c4cc(F)c(F)c(F)c4)cc3)cc3ccccc23)C1. The second-order valence-corrected chi connectivity index (χ2v) is 16.5. The summed E-state index contributed by atoms with van der Waals surface area (Å²) in [5.41, 5.74) is 10.6. The van der Waals surface area contributed by atoms with Gasteiger partial charge in [-0.15, -0.1) is 0 Å². The van der Waals surface area contributed by atoms with E-state index in [0.717, 1.165) is 124 Å². The van der Waals surface area contributed by atoms with Gasteiger partial charge >= 0.3 is 0 Å². The van der Waals surface area contributed by atoms with Crippen molar-refractivity contribution in [2.75, 3.05) is 13.1 Å². The zero-order valence-corrected chi connectivity index (χ0v) is 34.1. The van der Waals surface area contributed by atoms with Gasteiger partial charge in [-0.3, -0.25) is 0 Å². The minimum atomic E-state index is -1.49. The van der Waals surface area contributed by atoms with E-state index in [4.69, 9.17) is 0 Å². The molecular weight excluding hydrogens is 777 g/mol. The molecule has 0 amide bonds. The van der Waals surface area contributed by atoms with Crippen LogP contribution in [0.5, 0.6) is 0 Å². The maximum atomic E-state index is 14.3. The van der Waals surface area contributed by atoms with Crippen LogP contribution in [-0.4, -0.2) is 17.6 Å². The van der Waals surface area contributed by atoms with Gasteiger partial charge < -0.3 is 4.48 Å². The van der Waals surface area contributed by atoms with Crippen molar-refractivity contribution >= 4 is 21.5 Å². The Kier molecular flexibility index (Phi) is 10.8. The molecule has 0 aliphatic carbocycles. The third-order valence-corrected chi connectivity index (χ3v) is 12.5. The van der Waals surface area contributed by atoms with Crippen molar-refractivity contribution in [3.63, 3.8) is 0 Å². The molecule has 9 rings (SSSR count). The Morgan fingerprint density at radius 3 is 1.11 bits per heavy atom. The lowest BCUT2D eigenvalue weighted by Gasteiger charge is -2.39. The van der Waals surface area contributed by atoms with Gasteiger partial charge in [-0.25, -0.2) is 26.3 Å². The van der Waals surface area contributed by atoms with Crippen molar-refractivity contribution in [3.05, 3.63) is 179 Å². The Morgan fingerprint density at radius 2 is 0.754 bits per heavy atom. The Bertz CT molecular complexity index is 2700. The summed E-state index contributed by atoms with van der Waals surface area (Å²) in [6.45, 7) is 7.94. The fraction of sp³-hybridized carbons (Fsp3) is 0.185. The first-order chi connectivity index (χ1) is 29.6. The van der Waals surface area contributed by atoms with Crippen LogP contribution in [0, 0.1) is 34.9 Å². The van der Waals surface area contributed by atoms with E-state index in [2.05, 4.69) is 74.5 Å². The third kappa shape index (κ3) is 7.39. The highest BCUT2D eigenvalue weighted by Crippen LogP contribution is 2.50. The van der Waals surface area contributed by atoms with Gasteiger partial charge in [-0.1, -0.05) is 124 Å². The van der Waals surface area contributed by atoms with Crippen molar-refractivity contribution in [2.45, 2.75) is 52.6 Å². The molecule has 0 aromatic heterocycles. The molecule has 0 saturated heterocycles. The van der Waals surface area contributed by atoms with Crippen LogP contribution in [0.3, 0.4) is 0 Å². The van der Waals surface area contributed by atoms with Gasteiger partial charge in [-0.05, 0) is 115 Å². The van der Waals surface area contributed by atoms with E-state index in [0.29, 0.717) is 11.1 Å². The standard InChI is InChI=1S/C54H44F6N/c1-3-5-23-61(24-6-4-2)31-45-43(35-19-15-33(16-20-35)39-27-47(55)53(59)48(56)28-39)25-37-11-7-9-13-41(37)51(45)52-42-14-10-8-12-38(42)26-44(46(52)32-61)36-21-17-34(18-22-36)40-29-49(57)54(60)50(58)30-40/h7-22,25-30H,3-6,23-24,31-32H2,1-2H3/q+1. The van der Waals surface area contributed by atoms with E-state index >= 15 is 0 Å².